The minimum absolute atomic E-state index is 0.0792. The number of nitrogens with zero attached hydrogens (tertiary/aromatic N) is 2. The summed E-state index contributed by atoms with van der Waals surface area (Å²) in [7, 11) is 3.04. The zero-order valence-electron chi connectivity index (χ0n) is 17.3. The molecule has 0 bridgehead atoms. The predicted molar refractivity (Wildman–Crippen MR) is 117 cm³/mol. The molecule has 0 aliphatic rings. The molecule has 31 heavy (non-hydrogen) atoms. The molecule has 1 N–H and O–H groups in total. The van der Waals surface area contributed by atoms with Crippen LogP contribution in [0.15, 0.2) is 54.6 Å². The lowest BCUT2D eigenvalue weighted by Crippen LogP contribution is -2.02. The van der Waals surface area contributed by atoms with E-state index < -0.39 is 4.92 Å². The molecule has 4 rings (SSSR count). The Bertz CT molecular complexity index is 1270. The van der Waals surface area contributed by atoms with Crippen molar-refractivity contribution < 1.29 is 19.1 Å². The zero-order chi connectivity index (χ0) is 22.0. The molecule has 0 spiro atoms. The Morgan fingerprint density at radius 1 is 1.06 bits per heavy atom. The molecule has 8 heteroatoms. The summed E-state index contributed by atoms with van der Waals surface area (Å²) in [6.07, 6.45) is 0. The van der Waals surface area contributed by atoms with Crippen molar-refractivity contribution in [2.24, 2.45) is 0 Å². The number of nitro benzene ring substituents is 1. The van der Waals surface area contributed by atoms with E-state index in [0.29, 0.717) is 17.1 Å². The Hall–Kier alpha value is -4.07. The summed E-state index contributed by atoms with van der Waals surface area (Å²) in [5.41, 5.74) is 3.79. The molecule has 0 fully saturated rings. The van der Waals surface area contributed by atoms with Gasteiger partial charge in [-0.05, 0) is 30.7 Å². The third-order valence-corrected chi connectivity index (χ3v) is 4.88. The summed E-state index contributed by atoms with van der Waals surface area (Å²) in [6, 6.07) is 16.3. The molecule has 8 nitrogen and oxygen atoms in total. The fraction of sp³-hybridized carbons (Fsp3) is 0.174. The minimum atomic E-state index is -0.483. The molecular formula is C23H21N3O5. The summed E-state index contributed by atoms with van der Waals surface area (Å²) in [4.78, 5) is 19.0. The molecule has 0 saturated heterocycles. The number of benzene rings is 3. The number of aromatic amines is 1. The molecule has 0 unspecified atom stereocenters. The highest BCUT2D eigenvalue weighted by atomic mass is 16.6. The standard InChI is InChI=1S/C23H21N3O5/c1-14-5-4-6-15(9-14)13-31-22-20(26(27)28)10-16(11-21(22)30-3)23-24-18-8-7-17(29-2)12-19(18)25-23/h4-12H,13H2,1-3H3,(H,24,25). The van der Waals surface area contributed by atoms with Gasteiger partial charge < -0.3 is 19.2 Å². The number of hydrogen-bond acceptors (Lipinski definition) is 6. The highest BCUT2D eigenvalue weighted by molar-refractivity contribution is 5.82. The maximum atomic E-state index is 11.8. The number of hydrogen-bond donors (Lipinski definition) is 1. The average molecular weight is 419 g/mol. The van der Waals surface area contributed by atoms with Crippen molar-refractivity contribution in [1.82, 2.24) is 9.97 Å². The minimum Gasteiger partial charge on any atom is -0.497 e. The Labute approximate surface area is 178 Å². The smallest absolute Gasteiger partial charge is 0.315 e. The molecular weight excluding hydrogens is 398 g/mol. The monoisotopic (exact) mass is 419 g/mol. The molecule has 0 amide bonds. The summed E-state index contributed by atoms with van der Waals surface area (Å²) in [5, 5.41) is 11.8. The van der Waals surface area contributed by atoms with Gasteiger partial charge in [0.1, 0.15) is 18.2 Å². The van der Waals surface area contributed by atoms with E-state index in [1.54, 1.807) is 19.2 Å². The van der Waals surface area contributed by atoms with Gasteiger partial charge in [0, 0.05) is 17.7 Å². The van der Waals surface area contributed by atoms with Gasteiger partial charge in [-0.2, -0.15) is 0 Å². The van der Waals surface area contributed by atoms with Gasteiger partial charge in [0.2, 0.25) is 5.75 Å². The predicted octanol–water partition coefficient (Wildman–Crippen LogP) is 5.04. The maximum Gasteiger partial charge on any atom is 0.315 e. The summed E-state index contributed by atoms with van der Waals surface area (Å²) >= 11 is 0. The van der Waals surface area contributed by atoms with E-state index in [9.17, 15) is 10.1 Å². The van der Waals surface area contributed by atoms with Crippen molar-refractivity contribution in [2.75, 3.05) is 14.2 Å². The Kier molecular flexibility index (Phi) is 5.44. The van der Waals surface area contributed by atoms with Crippen molar-refractivity contribution in [3.8, 4) is 28.6 Å². The SMILES string of the molecule is COc1ccc2nc(-c3cc(OC)c(OCc4cccc(C)c4)c([N+](=O)[O-])c3)[nH]c2c1. The third kappa shape index (κ3) is 4.13. The van der Waals surface area contributed by atoms with E-state index in [0.717, 1.165) is 22.2 Å². The molecule has 3 aromatic carbocycles. The zero-order valence-corrected chi connectivity index (χ0v) is 17.3. The number of aromatic nitrogens is 2. The fourth-order valence-electron chi connectivity index (χ4n) is 3.37. The van der Waals surface area contributed by atoms with Gasteiger partial charge >= 0.3 is 5.69 Å². The summed E-state index contributed by atoms with van der Waals surface area (Å²) in [6.45, 7) is 2.16. The Balaban J connectivity index is 1.73. The number of ether oxygens (including phenoxy) is 3. The van der Waals surface area contributed by atoms with Crippen LogP contribution in [0.25, 0.3) is 22.4 Å². The number of fused-ring (bicyclic) bond motifs is 1. The lowest BCUT2D eigenvalue weighted by molar-refractivity contribution is -0.386. The van der Waals surface area contributed by atoms with Crippen molar-refractivity contribution in [3.05, 3.63) is 75.8 Å². The molecule has 0 aliphatic carbocycles. The Morgan fingerprint density at radius 2 is 1.90 bits per heavy atom. The first-order valence-corrected chi connectivity index (χ1v) is 9.57. The highest BCUT2D eigenvalue weighted by Crippen LogP contribution is 2.41. The quantitative estimate of drug-likeness (QED) is 0.333. The van der Waals surface area contributed by atoms with Crippen molar-refractivity contribution in [2.45, 2.75) is 13.5 Å². The van der Waals surface area contributed by atoms with E-state index in [2.05, 4.69) is 9.97 Å². The van der Waals surface area contributed by atoms with Gasteiger partial charge in [0.15, 0.2) is 5.75 Å². The lowest BCUT2D eigenvalue weighted by Gasteiger charge is -2.12. The van der Waals surface area contributed by atoms with E-state index in [4.69, 9.17) is 14.2 Å². The first-order valence-electron chi connectivity index (χ1n) is 9.57. The average Bonchev–Trinajstić information content (AvgIpc) is 3.20. The van der Waals surface area contributed by atoms with E-state index in [1.807, 2.05) is 43.3 Å². The van der Waals surface area contributed by atoms with E-state index in [1.165, 1.54) is 13.2 Å². The topological polar surface area (TPSA) is 99.5 Å². The molecule has 0 aliphatic heterocycles. The first kappa shape index (κ1) is 20.2. The second kappa shape index (κ2) is 8.35. The molecule has 158 valence electrons. The van der Waals surface area contributed by atoms with Crippen molar-refractivity contribution in [3.63, 3.8) is 0 Å². The van der Waals surface area contributed by atoms with E-state index >= 15 is 0 Å². The van der Waals surface area contributed by atoms with Crippen LogP contribution in [-0.4, -0.2) is 29.1 Å². The van der Waals surface area contributed by atoms with Gasteiger partial charge in [0.05, 0.1) is 30.2 Å². The number of H-pyrrole nitrogens is 1. The second-order valence-corrected chi connectivity index (χ2v) is 7.03. The van der Waals surface area contributed by atoms with Gasteiger partial charge in [0.25, 0.3) is 0 Å². The molecule has 1 aromatic heterocycles. The molecule has 1 heterocycles. The number of nitro groups is 1. The third-order valence-electron chi connectivity index (χ3n) is 4.88. The van der Waals surface area contributed by atoms with Gasteiger partial charge in [-0.3, -0.25) is 10.1 Å². The molecule has 4 aromatic rings. The van der Waals surface area contributed by atoms with Crippen LogP contribution in [0.4, 0.5) is 5.69 Å². The summed E-state index contributed by atoms with van der Waals surface area (Å²) < 4.78 is 16.5. The number of aryl methyl sites for hydroxylation is 1. The molecule has 0 atom stereocenters. The normalized spacial score (nSPS) is 10.8. The molecule has 0 saturated carbocycles. The summed E-state index contributed by atoms with van der Waals surface area (Å²) in [5.74, 6) is 1.51. The number of imidazole rings is 1. The van der Waals surface area contributed by atoms with Crippen LogP contribution in [0.5, 0.6) is 17.2 Å². The largest absolute Gasteiger partial charge is 0.497 e. The van der Waals surface area contributed by atoms with Gasteiger partial charge in [-0.1, -0.05) is 29.8 Å². The van der Waals surface area contributed by atoms with Crippen molar-refractivity contribution >= 4 is 16.7 Å². The molecule has 0 radical (unpaired) electrons. The van der Waals surface area contributed by atoms with Crippen LogP contribution in [-0.2, 0) is 6.61 Å². The van der Waals surface area contributed by atoms with Crippen LogP contribution < -0.4 is 14.2 Å². The van der Waals surface area contributed by atoms with Crippen LogP contribution in [0, 0.1) is 17.0 Å². The van der Waals surface area contributed by atoms with Crippen molar-refractivity contribution in [1.29, 1.82) is 0 Å². The van der Waals surface area contributed by atoms with Crippen LogP contribution >= 0.6 is 0 Å². The second-order valence-electron chi connectivity index (χ2n) is 7.03. The number of nitrogens with one attached hydrogen (secondary N) is 1. The van der Waals surface area contributed by atoms with E-state index in [-0.39, 0.29) is 23.8 Å². The fourth-order valence-corrected chi connectivity index (χ4v) is 3.37. The first-order chi connectivity index (χ1) is 15.0. The van der Waals surface area contributed by atoms with Crippen LogP contribution in [0.2, 0.25) is 0 Å². The highest BCUT2D eigenvalue weighted by Gasteiger charge is 2.24. The maximum absolute atomic E-state index is 11.8. The van der Waals surface area contributed by atoms with Gasteiger partial charge in [-0.25, -0.2) is 4.98 Å². The number of rotatable bonds is 7. The lowest BCUT2D eigenvalue weighted by atomic mass is 10.1. The van der Waals surface area contributed by atoms with Gasteiger partial charge in [-0.15, -0.1) is 0 Å². The Morgan fingerprint density at radius 3 is 2.61 bits per heavy atom. The van der Waals surface area contributed by atoms with Crippen LogP contribution in [0.3, 0.4) is 0 Å². The number of methoxy groups -OCH3 is 2. The van der Waals surface area contributed by atoms with Crippen LogP contribution in [0.1, 0.15) is 11.1 Å².